The molecule has 6 nitrogen and oxygen atoms in total. The fraction of sp³-hybridized carbons (Fsp3) is 0.111. The van der Waals surface area contributed by atoms with Gasteiger partial charge in [0.05, 0.1) is 0 Å². The van der Waals surface area contributed by atoms with E-state index in [1.54, 1.807) is 0 Å². The van der Waals surface area contributed by atoms with Crippen LogP contribution in [0.25, 0.3) is 4.98 Å². The zero-order valence-corrected chi connectivity index (χ0v) is 7.67. The van der Waals surface area contributed by atoms with E-state index in [0.29, 0.717) is 11.3 Å². The van der Waals surface area contributed by atoms with E-state index in [-0.39, 0.29) is 0 Å². The normalized spacial score (nSPS) is 9.00. The highest BCUT2D eigenvalue weighted by atomic mass is 16.4. The number of rotatable bonds is 3. The molecule has 0 aromatic heterocycles. The zero-order valence-electron chi connectivity index (χ0n) is 7.67. The Labute approximate surface area is 85.2 Å². The summed E-state index contributed by atoms with van der Waals surface area (Å²) in [5.41, 5.74) is 0.633. The van der Waals surface area contributed by atoms with Crippen LogP contribution in [0.1, 0.15) is 10.4 Å². The average molecular weight is 206 g/mol. The summed E-state index contributed by atoms with van der Waals surface area (Å²) in [6, 6.07) is 5.75. The van der Waals surface area contributed by atoms with Crippen molar-refractivity contribution in [2.24, 2.45) is 0 Å². The quantitative estimate of drug-likeness (QED) is 0.721. The van der Waals surface area contributed by atoms with Gasteiger partial charge in [-0.25, -0.2) is 0 Å². The summed E-state index contributed by atoms with van der Waals surface area (Å²) in [4.78, 5) is 24.4. The van der Waals surface area contributed by atoms with Crippen molar-refractivity contribution in [2.45, 2.75) is 0 Å². The van der Waals surface area contributed by atoms with E-state index < -0.39 is 18.4 Å². The summed E-state index contributed by atoms with van der Waals surface area (Å²) in [5.74, 6) is -1.59. The van der Waals surface area contributed by atoms with Gasteiger partial charge in [0, 0.05) is 17.7 Å². The molecule has 0 aliphatic rings. The van der Waals surface area contributed by atoms with E-state index >= 15 is 0 Å². The number of carboxylic acids is 1. The van der Waals surface area contributed by atoms with Crippen LogP contribution in [0.15, 0.2) is 24.3 Å². The van der Waals surface area contributed by atoms with Crippen LogP contribution in [-0.4, -0.2) is 23.5 Å². The maximum atomic E-state index is 11.3. The second kappa shape index (κ2) is 4.72. The van der Waals surface area contributed by atoms with Gasteiger partial charge in [0.1, 0.15) is 6.54 Å². The van der Waals surface area contributed by atoms with Crippen LogP contribution >= 0.6 is 0 Å². The minimum absolute atomic E-state index is 0.309. The van der Waals surface area contributed by atoms with Gasteiger partial charge in [-0.1, -0.05) is 0 Å². The summed E-state index contributed by atoms with van der Waals surface area (Å²) in [5, 5.41) is 18.9. The molecule has 1 aromatic rings. The number of aliphatic carboxylic acids is 1. The number of diazo groups is 1. The molecular formula is C9H8N3O3+. The number of carbonyl (C=O) groups excluding carboxylic acids is 1. The van der Waals surface area contributed by atoms with Crippen molar-refractivity contribution in [2.75, 3.05) is 6.54 Å². The maximum Gasteiger partial charge on any atom is 0.385 e. The minimum Gasteiger partial charge on any atom is -0.480 e. The van der Waals surface area contributed by atoms with Gasteiger partial charge in [0.15, 0.2) is 4.98 Å². The lowest BCUT2D eigenvalue weighted by atomic mass is 10.2. The largest absolute Gasteiger partial charge is 0.480 e. The van der Waals surface area contributed by atoms with Crippen LogP contribution in [0.4, 0.5) is 5.69 Å². The molecule has 0 spiro atoms. The second-order valence-electron chi connectivity index (χ2n) is 2.72. The second-order valence-corrected chi connectivity index (χ2v) is 2.72. The third-order valence-corrected chi connectivity index (χ3v) is 1.65. The first-order valence-corrected chi connectivity index (χ1v) is 4.08. The Morgan fingerprint density at radius 1 is 1.33 bits per heavy atom. The van der Waals surface area contributed by atoms with Crippen molar-refractivity contribution >= 4 is 17.6 Å². The van der Waals surface area contributed by atoms with Gasteiger partial charge in [-0.15, -0.1) is 0 Å². The summed E-state index contributed by atoms with van der Waals surface area (Å²) in [6.07, 6.45) is 0. The van der Waals surface area contributed by atoms with Crippen LogP contribution in [0.3, 0.4) is 0 Å². The summed E-state index contributed by atoms with van der Waals surface area (Å²) >= 11 is 0. The molecule has 0 aliphatic carbocycles. The number of hydrogen-bond acceptors (Lipinski definition) is 3. The number of benzene rings is 1. The molecule has 0 radical (unpaired) electrons. The summed E-state index contributed by atoms with van der Waals surface area (Å²) in [6.45, 7) is -0.426. The van der Waals surface area contributed by atoms with Crippen molar-refractivity contribution in [3.63, 3.8) is 0 Å². The maximum absolute atomic E-state index is 11.3. The first-order valence-electron chi connectivity index (χ1n) is 4.08. The lowest BCUT2D eigenvalue weighted by molar-refractivity contribution is -0.135. The predicted molar refractivity (Wildman–Crippen MR) is 51.2 cm³/mol. The number of nitrogens with zero attached hydrogens (tertiary/aromatic N) is 2. The Kier molecular flexibility index (Phi) is 3.35. The van der Waals surface area contributed by atoms with Crippen molar-refractivity contribution in [3.05, 3.63) is 34.8 Å². The number of amides is 1. The lowest BCUT2D eigenvalue weighted by Crippen LogP contribution is -2.29. The minimum atomic E-state index is -1.11. The smallest absolute Gasteiger partial charge is 0.385 e. The first-order chi connectivity index (χ1) is 7.13. The number of carboxylic acid groups (broad SMARTS) is 1. The van der Waals surface area contributed by atoms with Gasteiger partial charge in [0.25, 0.3) is 5.91 Å². The van der Waals surface area contributed by atoms with Crippen LogP contribution in [0.2, 0.25) is 0 Å². The Morgan fingerprint density at radius 3 is 2.40 bits per heavy atom. The molecular weight excluding hydrogens is 198 g/mol. The predicted octanol–water partition coefficient (Wildman–Crippen LogP) is 0.986. The Hall–Kier alpha value is -2.42. The topological polar surface area (TPSA) is 94.5 Å². The van der Waals surface area contributed by atoms with Gasteiger partial charge in [0.2, 0.25) is 5.39 Å². The fourth-order valence-electron chi connectivity index (χ4n) is 0.937. The van der Waals surface area contributed by atoms with E-state index in [4.69, 9.17) is 10.5 Å². The Bertz CT molecular complexity index is 419. The standard InChI is InChI=1S/C9H7N3O3/c10-12-7-3-1-6(2-4-7)9(15)11-5-8(13)14/h1-4H,5H2,(H-,11,13,14,15)/p+1. The van der Waals surface area contributed by atoms with E-state index in [9.17, 15) is 9.59 Å². The van der Waals surface area contributed by atoms with Gasteiger partial charge >= 0.3 is 11.7 Å². The molecule has 76 valence electrons. The molecule has 0 unspecified atom stereocenters. The van der Waals surface area contributed by atoms with Crippen LogP contribution in [0, 0.1) is 5.39 Å². The monoisotopic (exact) mass is 206 g/mol. The van der Waals surface area contributed by atoms with E-state index in [2.05, 4.69) is 10.3 Å². The first kappa shape index (κ1) is 10.7. The molecule has 0 bridgehead atoms. The molecule has 0 saturated heterocycles. The highest BCUT2D eigenvalue weighted by Crippen LogP contribution is 2.12. The molecule has 6 heteroatoms. The number of carbonyl (C=O) groups is 2. The molecule has 0 saturated carbocycles. The molecule has 0 fully saturated rings. The summed E-state index contributed by atoms with van der Waals surface area (Å²) < 4.78 is 0. The van der Waals surface area contributed by atoms with Crippen molar-refractivity contribution in [3.8, 4) is 0 Å². The number of nitrogens with one attached hydrogen (secondary N) is 1. The Balaban J connectivity index is 2.67. The van der Waals surface area contributed by atoms with Gasteiger partial charge in [-0.3, -0.25) is 9.59 Å². The van der Waals surface area contributed by atoms with Crippen LogP contribution in [-0.2, 0) is 4.79 Å². The molecule has 0 heterocycles. The highest BCUT2D eigenvalue weighted by Gasteiger charge is 2.09. The molecule has 0 atom stereocenters. The lowest BCUT2D eigenvalue weighted by Gasteiger charge is -2.00. The van der Waals surface area contributed by atoms with Crippen LogP contribution < -0.4 is 5.32 Å². The fourth-order valence-corrected chi connectivity index (χ4v) is 0.937. The van der Waals surface area contributed by atoms with Gasteiger partial charge < -0.3 is 10.4 Å². The molecule has 2 N–H and O–H groups in total. The summed E-state index contributed by atoms with van der Waals surface area (Å²) in [7, 11) is 0. The number of hydrogen-bond donors (Lipinski definition) is 2. The molecule has 0 aliphatic heterocycles. The van der Waals surface area contributed by atoms with Gasteiger partial charge in [-0.05, 0) is 12.1 Å². The molecule has 15 heavy (non-hydrogen) atoms. The molecule has 1 rings (SSSR count). The van der Waals surface area contributed by atoms with Crippen molar-refractivity contribution < 1.29 is 14.7 Å². The van der Waals surface area contributed by atoms with Crippen LogP contribution in [0.5, 0.6) is 0 Å². The Morgan fingerprint density at radius 2 is 1.93 bits per heavy atom. The molecule has 1 amide bonds. The average Bonchev–Trinajstić information content (AvgIpc) is 2.26. The van der Waals surface area contributed by atoms with E-state index in [1.807, 2.05) is 0 Å². The van der Waals surface area contributed by atoms with E-state index in [0.717, 1.165) is 0 Å². The van der Waals surface area contributed by atoms with Crippen molar-refractivity contribution in [1.29, 1.82) is 5.39 Å². The van der Waals surface area contributed by atoms with Gasteiger partial charge in [-0.2, -0.15) is 0 Å². The zero-order chi connectivity index (χ0) is 11.3. The SMILES string of the molecule is N#[N+]c1ccc(C(=O)NCC(=O)O)cc1. The van der Waals surface area contributed by atoms with E-state index in [1.165, 1.54) is 24.3 Å². The third-order valence-electron chi connectivity index (χ3n) is 1.65. The highest BCUT2D eigenvalue weighted by molar-refractivity contribution is 5.96. The van der Waals surface area contributed by atoms with Crippen molar-refractivity contribution in [1.82, 2.24) is 5.32 Å². The molecule has 1 aromatic carbocycles. The third kappa shape index (κ3) is 3.08.